The van der Waals surface area contributed by atoms with Crippen molar-refractivity contribution in [2.24, 2.45) is 0 Å². The van der Waals surface area contributed by atoms with Crippen LogP contribution in [0.25, 0.3) is 0 Å². The summed E-state index contributed by atoms with van der Waals surface area (Å²) in [5, 5.41) is 10.7. The van der Waals surface area contributed by atoms with E-state index >= 15 is 0 Å². The molecule has 0 aliphatic heterocycles. The van der Waals surface area contributed by atoms with Crippen LogP contribution in [0.3, 0.4) is 0 Å². The third kappa shape index (κ3) is 3.29. The molecule has 0 atom stereocenters. The zero-order valence-electron chi connectivity index (χ0n) is 8.30. The summed E-state index contributed by atoms with van der Waals surface area (Å²) >= 11 is 5.57. The van der Waals surface area contributed by atoms with Crippen LogP contribution < -0.4 is 0 Å². The second-order valence-corrected chi connectivity index (χ2v) is 4.04. The highest BCUT2D eigenvalue weighted by Crippen LogP contribution is 2.28. The minimum absolute atomic E-state index is 0.199. The lowest BCUT2D eigenvalue weighted by atomic mass is 9.93. The van der Waals surface area contributed by atoms with E-state index in [0.717, 1.165) is 44.1 Å². The van der Waals surface area contributed by atoms with E-state index in [0.29, 0.717) is 18.0 Å². The molecule has 0 spiro atoms. The number of allylic oxidation sites excluding steroid dienone is 2. The highest BCUT2D eigenvalue weighted by Gasteiger charge is 2.21. The van der Waals surface area contributed by atoms with Crippen LogP contribution in [0.4, 0.5) is 0 Å². The average molecular weight is 218 g/mol. The normalized spacial score (nSPS) is 17.2. The van der Waals surface area contributed by atoms with Gasteiger partial charge in [0.05, 0.1) is 4.92 Å². The van der Waals surface area contributed by atoms with Crippen molar-refractivity contribution in [1.29, 1.82) is 0 Å². The van der Waals surface area contributed by atoms with Gasteiger partial charge in [-0.25, -0.2) is 0 Å². The van der Waals surface area contributed by atoms with E-state index in [-0.39, 0.29) is 4.92 Å². The van der Waals surface area contributed by atoms with Crippen molar-refractivity contribution < 1.29 is 4.92 Å². The lowest BCUT2D eigenvalue weighted by Gasteiger charge is -2.13. The van der Waals surface area contributed by atoms with Crippen molar-refractivity contribution in [1.82, 2.24) is 0 Å². The summed E-state index contributed by atoms with van der Waals surface area (Å²) in [4.78, 5) is 10.5. The van der Waals surface area contributed by atoms with Crippen molar-refractivity contribution >= 4 is 11.6 Å². The van der Waals surface area contributed by atoms with Crippen molar-refractivity contribution in [3.05, 3.63) is 21.4 Å². The van der Waals surface area contributed by atoms with Crippen LogP contribution in [0.15, 0.2) is 11.3 Å². The van der Waals surface area contributed by atoms with Crippen molar-refractivity contribution in [3.8, 4) is 0 Å². The molecule has 1 aliphatic rings. The fraction of sp³-hybridized carbons (Fsp3) is 0.800. The average Bonchev–Trinajstić information content (AvgIpc) is 2.19. The van der Waals surface area contributed by atoms with Gasteiger partial charge in [0.25, 0.3) is 0 Å². The molecule has 14 heavy (non-hydrogen) atoms. The number of hydrogen-bond acceptors (Lipinski definition) is 2. The second-order valence-electron chi connectivity index (χ2n) is 3.66. The molecular weight excluding hydrogens is 202 g/mol. The van der Waals surface area contributed by atoms with Crippen LogP contribution in [0.1, 0.15) is 44.9 Å². The van der Waals surface area contributed by atoms with E-state index in [1.807, 2.05) is 0 Å². The molecule has 4 heteroatoms. The highest BCUT2D eigenvalue weighted by atomic mass is 35.5. The van der Waals surface area contributed by atoms with Gasteiger partial charge in [-0.2, -0.15) is 0 Å². The maximum atomic E-state index is 10.7. The summed E-state index contributed by atoms with van der Waals surface area (Å²) in [5.41, 5.74) is 1.54. The Balaban J connectivity index is 2.54. The second kappa shape index (κ2) is 6.02. The number of hydrogen-bond donors (Lipinski definition) is 0. The Labute approximate surface area is 89.3 Å². The Hall–Kier alpha value is -0.570. The standard InChI is InChI=1S/C10H16ClNO2/c11-8-4-3-6-9-5-1-2-7-10(9)12(13)14/h1-8H2. The van der Waals surface area contributed by atoms with E-state index in [2.05, 4.69) is 0 Å². The van der Waals surface area contributed by atoms with Gasteiger partial charge in [-0.3, -0.25) is 10.1 Å². The topological polar surface area (TPSA) is 43.1 Å². The number of nitrogens with zero attached hydrogens (tertiary/aromatic N) is 1. The van der Waals surface area contributed by atoms with Gasteiger partial charge in [-0.15, -0.1) is 11.6 Å². The molecule has 0 aromatic rings. The Kier molecular flexibility index (Phi) is 4.94. The third-order valence-corrected chi connectivity index (χ3v) is 2.90. The Morgan fingerprint density at radius 2 is 2.00 bits per heavy atom. The quantitative estimate of drug-likeness (QED) is 0.306. The summed E-state index contributed by atoms with van der Waals surface area (Å²) < 4.78 is 0. The molecule has 0 saturated heterocycles. The molecule has 1 rings (SSSR count). The fourth-order valence-corrected chi connectivity index (χ4v) is 2.06. The number of halogens is 1. The maximum absolute atomic E-state index is 10.7. The predicted molar refractivity (Wildman–Crippen MR) is 57.1 cm³/mol. The molecule has 0 unspecified atom stereocenters. The molecule has 0 aromatic heterocycles. The Morgan fingerprint density at radius 1 is 1.29 bits per heavy atom. The summed E-state index contributed by atoms with van der Waals surface area (Å²) in [5.74, 6) is 0.654. The van der Waals surface area contributed by atoms with Gasteiger partial charge in [0.2, 0.25) is 5.70 Å². The number of alkyl halides is 1. The van der Waals surface area contributed by atoms with Crippen LogP contribution >= 0.6 is 11.6 Å². The molecule has 0 aromatic carbocycles. The van der Waals surface area contributed by atoms with E-state index in [1.54, 1.807) is 0 Å². The molecule has 0 amide bonds. The minimum atomic E-state index is -0.199. The maximum Gasteiger partial charge on any atom is 0.245 e. The van der Waals surface area contributed by atoms with Crippen LogP contribution in [-0.4, -0.2) is 10.8 Å². The molecule has 0 radical (unpaired) electrons. The molecule has 1 aliphatic carbocycles. The van der Waals surface area contributed by atoms with Crippen LogP contribution in [0.5, 0.6) is 0 Å². The first kappa shape index (κ1) is 11.5. The zero-order valence-corrected chi connectivity index (χ0v) is 9.05. The minimum Gasteiger partial charge on any atom is -0.259 e. The van der Waals surface area contributed by atoms with Gasteiger partial charge in [0, 0.05) is 17.9 Å². The van der Waals surface area contributed by atoms with Gasteiger partial charge in [-0.05, 0) is 38.5 Å². The lowest BCUT2D eigenvalue weighted by Crippen LogP contribution is -2.08. The van der Waals surface area contributed by atoms with E-state index in [9.17, 15) is 10.1 Å². The van der Waals surface area contributed by atoms with Crippen molar-refractivity contribution in [2.75, 3.05) is 5.88 Å². The smallest absolute Gasteiger partial charge is 0.245 e. The monoisotopic (exact) mass is 217 g/mol. The number of nitro groups is 1. The van der Waals surface area contributed by atoms with Crippen LogP contribution in [-0.2, 0) is 0 Å². The largest absolute Gasteiger partial charge is 0.259 e. The fourth-order valence-electron chi connectivity index (χ4n) is 1.87. The zero-order chi connectivity index (χ0) is 10.4. The summed E-state index contributed by atoms with van der Waals surface area (Å²) in [6, 6.07) is 0. The highest BCUT2D eigenvalue weighted by molar-refractivity contribution is 6.17. The molecule has 80 valence electrons. The van der Waals surface area contributed by atoms with Crippen molar-refractivity contribution in [2.45, 2.75) is 44.9 Å². The van der Waals surface area contributed by atoms with E-state index in [4.69, 9.17) is 11.6 Å². The SMILES string of the molecule is O=[N+]([O-])C1=C(CCCCCl)CCCC1. The molecule has 0 heterocycles. The molecule has 0 N–H and O–H groups in total. The Morgan fingerprint density at radius 3 is 2.64 bits per heavy atom. The van der Waals surface area contributed by atoms with Crippen LogP contribution in [0, 0.1) is 10.1 Å². The summed E-state index contributed by atoms with van der Waals surface area (Å²) in [7, 11) is 0. The van der Waals surface area contributed by atoms with E-state index in [1.165, 1.54) is 0 Å². The first-order chi connectivity index (χ1) is 6.75. The lowest BCUT2D eigenvalue weighted by molar-refractivity contribution is -0.430. The first-order valence-corrected chi connectivity index (χ1v) is 5.70. The van der Waals surface area contributed by atoms with Gasteiger partial charge in [0.15, 0.2) is 0 Å². The molecule has 0 fully saturated rings. The Bertz CT molecular complexity index is 238. The summed E-state index contributed by atoms with van der Waals surface area (Å²) in [6.07, 6.45) is 6.44. The molecular formula is C10H16ClNO2. The van der Waals surface area contributed by atoms with Crippen LogP contribution in [0.2, 0.25) is 0 Å². The first-order valence-electron chi connectivity index (χ1n) is 5.17. The van der Waals surface area contributed by atoms with Gasteiger partial charge in [-0.1, -0.05) is 0 Å². The van der Waals surface area contributed by atoms with Gasteiger partial charge < -0.3 is 0 Å². The molecule has 3 nitrogen and oxygen atoms in total. The summed E-state index contributed by atoms with van der Waals surface area (Å²) in [6.45, 7) is 0. The van der Waals surface area contributed by atoms with E-state index < -0.39 is 0 Å². The molecule has 0 saturated carbocycles. The number of rotatable bonds is 5. The molecule has 0 bridgehead atoms. The van der Waals surface area contributed by atoms with Gasteiger partial charge in [0.1, 0.15) is 0 Å². The van der Waals surface area contributed by atoms with Crippen molar-refractivity contribution in [3.63, 3.8) is 0 Å². The third-order valence-electron chi connectivity index (χ3n) is 2.63. The van der Waals surface area contributed by atoms with Gasteiger partial charge >= 0.3 is 0 Å². The number of unbranched alkanes of at least 4 members (excludes halogenated alkanes) is 1. The predicted octanol–water partition coefficient (Wildman–Crippen LogP) is 3.50.